The van der Waals surface area contributed by atoms with E-state index in [9.17, 15) is 0 Å². The molecule has 150 valence electrons. The van der Waals surface area contributed by atoms with Gasteiger partial charge >= 0.3 is 0 Å². The van der Waals surface area contributed by atoms with Crippen molar-refractivity contribution in [3.8, 4) is 11.5 Å². The van der Waals surface area contributed by atoms with Crippen molar-refractivity contribution in [3.05, 3.63) is 41.8 Å². The summed E-state index contributed by atoms with van der Waals surface area (Å²) in [6.45, 7) is 13.6. The van der Waals surface area contributed by atoms with E-state index in [0.717, 1.165) is 55.7 Å². The molecule has 0 N–H and O–H groups in total. The molecule has 1 aliphatic heterocycles. The van der Waals surface area contributed by atoms with Crippen LogP contribution in [-0.2, 0) is 4.79 Å². The molecule has 1 aromatic carbocycles. The molecule has 6 nitrogen and oxygen atoms in total. The molecule has 0 radical (unpaired) electrons. The molecular formula is C22H29N3O3. The molecule has 6 heteroatoms. The third-order valence-electron chi connectivity index (χ3n) is 4.60. The van der Waals surface area contributed by atoms with Gasteiger partial charge in [-0.05, 0) is 52.8 Å². The Kier molecular flexibility index (Phi) is 7.55. The third kappa shape index (κ3) is 5.09. The second-order valence-electron chi connectivity index (χ2n) is 6.35. The van der Waals surface area contributed by atoms with E-state index in [-0.39, 0.29) is 0 Å². The summed E-state index contributed by atoms with van der Waals surface area (Å²) >= 11 is 0. The Morgan fingerprint density at radius 1 is 1.07 bits per heavy atom. The summed E-state index contributed by atoms with van der Waals surface area (Å²) in [5, 5.41) is 10.1. The molecule has 0 atom stereocenters. The maximum absolute atomic E-state index is 8.89. The number of aliphatic carboxylic acids is 1. The summed E-state index contributed by atoms with van der Waals surface area (Å²) in [7, 11) is 0. The monoisotopic (exact) mass is 383 g/mol. The Bertz CT molecular complexity index is 964. The van der Waals surface area contributed by atoms with Crippen molar-refractivity contribution in [2.24, 2.45) is 0 Å². The largest absolute Gasteiger partial charge is 0.550 e. The van der Waals surface area contributed by atoms with Gasteiger partial charge in [0.1, 0.15) is 24.3 Å². The van der Waals surface area contributed by atoms with E-state index in [1.807, 2.05) is 12.1 Å². The molecule has 0 saturated carbocycles. The molecule has 0 saturated heterocycles. The van der Waals surface area contributed by atoms with Crippen LogP contribution in [0.15, 0.2) is 40.8 Å². The lowest BCUT2D eigenvalue weighted by Crippen LogP contribution is -2.29. The molecule has 1 aromatic rings. The van der Waals surface area contributed by atoms with Crippen LogP contribution in [0.5, 0.6) is 0 Å². The molecule has 0 fully saturated rings. The summed E-state index contributed by atoms with van der Waals surface area (Å²) in [5.41, 5.74) is 3.81. The zero-order valence-corrected chi connectivity index (χ0v) is 17.4. The minimum absolute atomic E-state index is 0.837. The fourth-order valence-corrected chi connectivity index (χ4v) is 3.17. The summed E-state index contributed by atoms with van der Waals surface area (Å²) in [6.07, 6.45) is 0. The molecule has 0 aromatic heterocycles. The number of benzene rings is 2. The van der Waals surface area contributed by atoms with Gasteiger partial charge in [-0.25, -0.2) is 9.56 Å². The van der Waals surface area contributed by atoms with Gasteiger partial charge in [-0.2, -0.15) is 0 Å². The van der Waals surface area contributed by atoms with Crippen LogP contribution in [0.3, 0.4) is 0 Å². The highest BCUT2D eigenvalue weighted by molar-refractivity contribution is 5.80. The van der Waals surface area contributed by atoms with Crippen LogP contribution in [-0.4, -0.2) is 37.1 Å². The summed E-state index contributed by atoms with van der Waals surface area (Å²) in [5.74, 6) is -0.247. The first-order valence-corrected chi connectivity index (χ1v) is 9.78. The lowest BCUT2D eigenvalue weighted by Gasteiger charge is -2.21. The highest BCUT2D eigenvalue weighted by Gasteiger charge is 2.12. The number of carboxylic acids is 1. The van der Waals surface area contributed by atoms with Crippen molar-refractivity contribution in [2.75, 3.05) is 31.1 Å². The van der Waals surface area contributed by atoms with Crippen molar-refractivity contribution in [1.82, 2.24) is 9.56 Å². The number of fused-ring (bicyclic) bond motifs is 2. The molecule has 28 heavy (non-hydrogen) atoms. The SMILES string of the molecule is CC(=O)[O-].CCN(CC)c1ccc2nc3ccc(=[N+](CC)CC)cc-3oc2c1. The fraction of sp³-hybridized carbons (Fsp3) is 0.409. The van der Waals surface area contributed by atoms with Gasteiger partial charge < -0.3 is 19.2 Å². The zero-order valence-electron chi connectivity index (χ0n) is 17.4. The minimum atomic E-state index is -1.08. The predicted molar refractivity (Wildman–Crippen MR) is 111 cm³/mol. The van der Waals surface area contributed by atoms with Crippen molar-refractivity contribution in [3.63, 3.8) is 0 Å². The average Bonchev–Trinajstić information content (AvgIpc) is 2.67. The van der Waals surface area contributed by atoms with Crippen molar-refractivity contribution in [2.45, 2.75) is 34.6 Å². The third-order valence-corrected chi connectivity index (χ3v) is 4.60. The molecule has 3 rings (SSSR count). The number of nitrogens with zero attached hydrogens (tertiary/aromatic N) is 3. The molecular weight excluding hydrogens is 354 g/mol. The maximum Gasteiger partial charge on any atom is 0.203 e. The van der Waals surface area contributed by atoms with Crippen LogP contribution in [0.2, 0.25) is 0 Å². The number of anilines is 1. The number of rotatable bonds is 5. The number of hydrogen-bond acceptors (Lipinski definition) is 5. The Morgan fingerprint density at radius 3 is 2.29 bits per heavy atom. The average molecular weight is 383 g/mol. The van der Waals surface area contributed by atoms with Gasteiger partial charge in [0.05, 0.1) is 6.07 Å². The lowest BCUT2D eigenvalue weighted by molar-refractivity contribution is -0.302. The van der Waals surface area contributed by atoms with E-state index >= 15 is 0 Å². The Labute approximate surface area is 166 Å². The van der Waals surface area contributed by atoms with Gasteiger partial charge in [-0.15, -0.1) is 0 Å². The van der Waals surface area contributed by atoms with Gasteiger partial charge in [-0.3, -0.25) is 0 Å². The second kappa shape index (κ2) is 9.88. The molecule has 1 heterocycles. The first-order valence-electron chi connectivity index (χ1n) is 9.78. The van der Waals surface area contributed by atoms with Crippen molar-refractivity contribution in [1.29, 1.82) is 0 Å². The Morgan fingerprint density at radius 2 is 1.71 bits per heavy atom. The van der Waals surface area contributed by atoms with Crippen molar-refractivity contribution < 1.29 is 14.3 Å². The van der Waals surface area contributed by atoms with E-state index in [4.69, 9.17) is 19.3 Å². The molecule has 0 bridgehead atoms. The van der Waals surface area contributed by atoms with E-state index in [1.54, 1.807) is 0 Å². The number of aromatic nitrogens is 1. The smallest absolute Gasteiger partial charge is 0.203 e. The standard InChI is InChI=1S/C20H26N3O.C2H4O2/c1-5-22(6-2)15-9-11-17-19(13-15)24-20-14-16(23(7-3)8-4)10-12-18(20)21-17;1-2(3)4/h9-14H,5-8H2,1-4H3;1H3,(H,3,4)/q+1;/p-1. The van der Waals surface area contributed by atoms with Crippen LogP contribution in [0, 0.1) is 0 Å². The highest BCUT2D eigenvalue weighted by atomic mass is 16.4. The number of carbonyl (C=O) groups excluding carboxylic acids is 1. The topological polar surface area (TPSA) is 72.4 Å². The molecule has 1 aliphatic carbocycles. The van der Waals surface area contributed by atoms with Crippen LogP contribution < -0.4 is 19.9 Å². The Balaban J connectivity index is 0.000000640. The van der Waals surface area contributed by atoms with E-state index < -0.39 is 5.97 Å². The Hall–Kier alpha value is -2.89. The first kappa shape index (κ1) is 21.4. The number of hydrogen-bond donors (Lipinski definition) is 0. The van der Waals surface area contributed by atoms with Gasteiger partial charge in [0.25, 0.3) is 0 Å². The maximum atomic E-state index is 8.89. The molecule has 2 aliphatic rings. The van der Waals surface area contributed by atoms with Gasteiger partial charge in [-0.1, -0.05) is 0 Å². The number of carbonyl (C=O) groups is 1. The van der Waals surface area contributed by atoms with Crippen LogP contribution in [0.4, 0.5) is 5.69 Å². The fourth-order valence-electron chi connectivity index (χ4n) is 3.17. The lowest BCUT2D eigenvalue weighted by atomic mass is 10.2. The normalized spacial score (nSPS) is 10.5. The van der Waals surface area contributed by atoms with Gasteiger partial charge in [0, 0.05) is 36.9 Å². The van der Waals surface area contributed by atoms with E-state index in [1.165, 1.54) is 11.0 Å². The summed E-state index contributed by atoms with van der Waals surface area (Å²) < 4.78 is 8.50. The molecule has 0 amide bonds. The van der Waals surface area contributed by atoms with Crippen LogP contribution in [0.25, 0.3) is 22.6 Å². The van der Waals surface area contributed by atoms with Crippen LogP contribution in [0.1, 0.15) is 34.6 Å². The van der Waals surface area contributed by atoms with Gasteiger partial charge in [0.2, 0.25) is 5.36 Å². The number of carboxylic acid groups (broad SMARTS) is 1. The second-order valence-corrected chi connectivity index (χ2v) is 6.35. The highest BCUT2D eigenvalue weighted by Crippen LogP contribution is 2.26. The minimum Gasteiger partial charge on any atom is -0.550 e. The quantitative estimate of drug-likeness (QED) is 0.500. The molecule has 0 unspecified atom stereocenters. The van der Waals surface area contributed by atoms with Gasteiger partial charge in [0.15, 0.2) is 11.3 Å². The first-order chi connectivity index (χ1) is 13.4. The predicted octanol–water partition coefficient (Wildman–Crippen LogP) is 2.35. The molecule has 0 spiro atoms. The van der Waals surface area contributed by atoms with E-state index in [2.05, 4.69) is 61.4 Å². The zero-order chi connectivity index (χ0) is 20.7. The van der Waals surface area contributed by atoms with Crippen molar-refractivity contribution >= 4 is 22.8 Å². The summed E-state index contributed by atoms with van der Waals surface area (Å²) in [4.78, 5) is 16.0. The van der Waals surface area contributed by atoms with Crippen LogP contribution >= 0.6 is 0 Å². The summed E-state index contributed by atoms with van der Waals surface area (Å²) in [6, 6.07) is 12.5. The van der Waals surface area contributed by atoms with E-state index in [0.29, 0.717) is 0 Å².